The number of rotatable bonds is 5. The van der Waals surface area contributed by atoms with Gasteiger partial charge in [0, 0.05) is 30.5 Å². The van der Waals surface area contributed by atoms with Gasteiger partial charge in [-0.1, -0.05) is 48.5 Å². The summed E-state index contributed by atoms with van der Waals surface area (Å²) < 4.78 is 7.73. The Morgan fingerprint density at radius 3 is 2.55 bits per heavy atom. The molecule has 0 radical (unpaired) electrons. The van der Waals surface area contributed by atoms with Crippen molar-refractivity contribution in [2.75, 3.05) is 18.9 Å². The number of para-hydroxylation sites is 1. The van der Waals surface area contributed by atoms with Gasteiger partial charge in [0.15, 0.2) is 0 Å². The Kier molecular flexibility index (Phi) is 5.12. The van der Waals surface area contributed by atoms with Crippen LogP contribution >= 0.6 is 11.8 Å². The van der Waals surface area contributed by atoms with Gasteiger partial charge in [-0.25, -0.2) is 4.68 Å². The largest absolute Gasteiger partial charge is 0.376 e. The fourth-order valence-electron chi connectivity index (χ4n) is 4.02. The molecular weight excluding hydrogens is 382 g/mol. The van der Waals surface area contributed by atoms with Gasteiger partial charge >= 0.3 is 0 Å². The summed E-state index contributed by atoms with van der Waals surface area (Å²) in [6.45, 7) is 1.45. The van der Waals surface area contributed by atoms with Gasteiger partial charge in [0.25, 0.3) is 0 Å². The molecule has 2 aliphatic heterocycles. The van der Waals surface area contributed by atoms with Crippen LogP contribution in [0, 0.1) is 0 Å². The topological polar surface area (TPSA) is 47.4 Å². The highest BCUT2D eigenvalue weighted by atomic mass is 32.2. The maximum Gasteiger partial charge on any atom is 0.233 e. The maximum absolute atomic E-state index is 12.7. The second-order valence-electron chi connectivity index (χ2n) is 7.42. The molecule has 5 rings (SSSR count). The summed E-state index contributed by atoms with van der Waals surface area (Å²) >= 11 is 1.68. The summed E-state index contributed by atoms with van der Waals surface area (Å²) in [7, 11) is 0. The first-order chi connectivity index (χ1) is 14.3. The molecule has 148 valence electrons. The lowest BCUT2D eigenvalue weighted by Gasteiger charge is -2.26. The van der Waals surface area contributed by atoms with Crippen molar-refractivity contribution in [2.24, 2.45) is 0 Å². The minimum absolute atomic E-state index is 0.0423. The molecule has 2 atom stereocenters. The number of carbonyl (C=O) groups is 1. The number of amides is 1. The van der Waals surface area contributed by atoms with Gasteiger partial charge < -0.3 is 9.64 Å². The molecule has 0 spiro atoms. The molecule has 2 aromatic carbocycles. The highest BCUT2D eigenvalue weighted by Crippen LogP contribution is 2.43. The third-order valence-electron chi connectivity index (χ3n) is 5.47. The second kappa shape index (κ2) is 8.05. The van der Waals surface area contributed by atoms with Crippen molar-refractivity contribution in [1.82, 2.24) is 14.7 Å². The molecule has 6 heteroatoms. The lowest BCUT2D eigenvalue weighted by molar-refractivity contribution is -0.129. The number of thioether (sulfide) groups is 1. The lowest BCUT2D eigenvalue weighted by Crippen LogP contribution is -2.35. The van der Waals surface area contributed by atoms with Crippen LogP contribution in [0.1, 0.15) is 23.8 Å². The Balaban J connectivity index is 1.55. The molecule has 2 saturated heterocycles. The third kappa shape index (κ3) is 3.70. The number of nitrogens with zero attached hydrogens (tertiary/aromatic N) is 3. The maximum atomic E-state index is 12.7. The van der Waals surface area contributed by atoms with Crippen LogP contribution in [-0.2, 0) is 9.53 Å². The normalized spacial score (nSPS) is 21.8. The SMILES string of the molecule is O=C1CS[C@H](c2cn(-c3ccccc3)nc2-c2ccccc2)N1C[C@@H]1CCCO1. The van der Waals surface area contributed by atoms with Crippen LogP contribution in [-0.4, -0.2) is 45.6 Å². The smallest absolute Gasteiger partial charge is 0.233 e. The van der Waals surface area contributed by atoms with Crippen molar-refractivity contribution in [2.45, 2.75) is 24.3 Å². The summed E-state index contributed by atoms with van der Waals surface area (Å²) in [6.07, 6.45) is 4.32. The lowest BCUT2D eigenvalue weighted by atomic mass is 10.1. The molecule has 0 bridgehead atoms. The second-order valence-corrected chi connectivity index (χ2v) is 8.49. The van der Waals surface area contributed by atoms with E-state index >= 15 is 0 Å². The van der Waals surface area contributed by atoms with Crippen molar-refractivity contribution in [1.29, 1.82) is 0 Å². The molecule has 0 saturated carbocycles. The molecule has 3 aromatic rings. The van der Waals surface area contributed by atoms with Crippen molar-refractivity contribution >= 4 is 17.7 Å². The Morgan fingerprint density at radius 1 is 1.07 bits per heavy atom. The molecule has 2 aliphatic rings. The summed E-state index contributed by atoms with van der Waals surface area (Å²) in [5.74, 6) is 0.684. The van der Waals surface area contributed by atoms with Crippen LogP contribution in [0.3, 0.4) is 0 Å². The molecular formula is C23H23N3O2S. The number of aromatic nitrogens is 2. The van der Waals surface area contributed by atoms with Gasteiger partial charge in [0.2, 0.25) is 5.91 Å². The predicted molar refractivity (Wildman–Crippen MR) is 115 cm³/mol. The van der Waals surface area contributed by atoms with Crippen LogP contribution in [0.4, 0.5) is 0 Å². The van der Waals surface area contributed by atoms with E-state index in [2.05, 4.69) is 18.3 Å². The van der Waals surface area contributed by atoms with E-state index in [4.69, 9.17) is 9.84 Å². The van der Waals surface area contributed by atoms with Gasteiger partial charge in [-0.3, -0.25) is 4.79 Å². The number of benzene rings is 2. The minimum Gasteiger partial charge on any atom is -0.376 e. The summed E-state index contributed by atoms with van der Waals surface area (Å²) in [4.78, 5) is 14.7. The number of hydrogen-bond acceptors (Lipinski definition) is 4. The van der Waals surface area contributed by atoms with E-state index < -0.39 is 0 Å². The molecule has 5 nitrogen and oxygen atoms in total. The predicted octanol–water partition coefficient (Wildman–Crippen LogP) is 4.29. The van der Waals surface area contributed by atoms with Gasteiger partial charge in [-0.2, -0.15) is 5.10 Å². The Labute approximate surface area is 174 Å². The van der Waals surface area contributed by atoms with E-state index in [1.54, 1.807) is 11.8 Å². The van der Waals surface area contributed by atoms with Crippen molar-refractivity contribution in [3.05, 3.63) is 72.4 Å². The van der Waals surface area contributed by atoms with E-state index in [1.165, 1.54) is 0 Å². The van der Waals surface area contributed by atoms with Crippen molar-refractivity contribution in [3.63, 3.8) is 0 Å². The Bertz CT molecular complexity index is 984. The molecule has 29 heavy (non-hydrogen) atoms. The highest BCUT2D eigenvalue weighted by molar-refractivity contribution is 8.00. The number of carbonyl (C=O) groups excluding carboxylic acids is 1. The fraction of sp³-hybridized carbons (Fsp3) is 0.304. The van der Waals surface area contributed by atoms with Gasteiger partial charge in [-0.05, 0) is 25.0 Å². The highest BCUT2D eigenvalue weighted by Gasteiger charge is 2.37. The molecule has 1 aromatic heterocycles. The summed E-state index contributed by atoms with van der Waals surface area (Å²) in [6, 6.07) is 20.3. The van der Waals surface area contributed by atoms with Crippen LogP contribution in [0.2, 0.25) is 0 Å². The molecule has 0 aliphatic carbocycles. The van der Waals surface area contributed by atoms with E-state index in [1.807, 2.05) is 58.1 Å². The first-order valence-corrected chi connectivity index (χ1v) is 11.1. The standard InChI is InChI=1S/C23H23N3O2S/c27-21-16-29-23(25(21)14-19-12-7-13-28-19)20-15-26(18-10-5-2-6-11-18)24-22(20)17-8-3-1-4-9-17/h1-6,8-11,15,19,23H,7,12-14,16H2/t19-,23+/m0/s1. The first kappa shape index (κ1) is 18.5. The van der Waals surface area contributed by atoms with Crippen molar-refractivity contribution in [3.8, 4) is 16.9 Å². The van der Waals surface area contributed by atoms with Gasteiger partial charge in [-0.15, -0.1) is 11.8 Å². The molecule has 1 amide bonds. The van der Waals surface area contributed by atoms with E-state index in [0.717, 1.165) is 42.0 Å². The zero-order chi connectivity index (χ0) is 19.6. The van der Waals surface area contributed by atoms with Crippen molar-refractivity contribution < 1.29 is 9.53 Å². The van der Waals surface area contributed by atoms with Crippen LogP contribution in [0.25, 0.3) is 16.9 Å². The zero-order valence-electron chi connectivity index (χ0n) is 16.1. The third-order valence-corrected chi connectivity index (χ3v) is 6.71. The summed E-state index contributed by atoms with van der Waals surface area (Å²) in [5, 5.41) is 4.88. The zero-order valence-corrected chi connectivity index (χ0v) is 16.9. The first-order valence-electron chi connectivity index (χ1n) is 10.0. The minimum atomic E-state index is -0.0423. The number of ether oxygens (including phenoxy) is 1. The average molecular weight is 406 g/mol. The van der Waals surface area contributed by atoms with E-state index in [0.29, 0.717) is 12.3 Å². The fourth-order valence-corrected chi connectivity index (χ4v) is 5.22. The number of hydrogen-bond donors (Lipinski definition) is 0. The van der Waals surface area contributed by atoms with Crippen LogP contribution in [0.15, 0.2) is 66.9 Å². The van der Waals surface area contributed by atoms with Crippen LogP contribution < -0.4 is 0 Å². The molecule has 2 fully saturated rings. The Hall–Kier alpha value is -2.57. The van der Waals surface area contributed by atoms with E-state index in [9.17, 15) is 4.79 Å². The van der Waals surface area contributed by atoms with Gasteiger partial charge in [0.05, 0.1) is 23.2 Å². The van der Waals surface area contributed by atoms with Crippen LogP contribution in [0.5, 0.6) is 0 Å². The quantitative estimate of drug-likeness (QED) is 0.635. The Morgan fingerprint density at radius 2 is 1.83 bits per heavy atom. The molecule has 0 unspecified atom stereocenters. The molecule has 0 N–H and O–H groups in total. The average Bonchev–Trinajstić information content (AvgIpc) is 3.51. The molecule has 3 heterocycles. The monoisotopic (exact) mass is 405 g/mol. The summed E-state index contributed by atoms with van der Waals surface area (Å²) in [5.41, 5.74) is 4.08. The van der Waals surface area contributed by atoms with E-state index in [-0.39, 0.29) is 17.4 Å². The van der Waals surface area contributed by atoms with Gasteiger partial charge in [0.1, 0.15) is 5.37 Å².